The van der Waals surface area contributed by atoms with Gasteiger partial charge in [0.15, 0.2) is 0 Å². The van der Waals surface area contributed by atoms with Gasteiger partial charge in [0.1, 0.15) is 0 Å². The predicted octanol–water partition coefficient (Wildman–Crippen LogP) is 2.59. The molecule has 0 aliphatic rings. The van der Waals surface area contributed by atoms with Crippen molar-refractivity contribution in [2.45, 2.75) is 65.6 Å². The molecule has 0 saturated heterocycles. The molecule has 0 fully saturated rings. The zero-order valence-electron chi connectivity index (χ0n) is 14.1. The lowest BCUT2D eigenvalue weighted by atomic mass is 9.87. The maximum Gasteiger partial charge on any atom is 0.0897 e. The van der Waals surface area contributed by atoms with Gasteiger partial charge in [0.05, 0.1) is 25.4 Å². The molecule has 4 nitrogen and oxygen atoms in total. The molecule has 0 aromatic rings. The molecular formula is C16H35NO3. The zero-order chi connectivity index (χ0) is 15.4. The third-order valence-corrected chi connectivity index (χ3v) is 3.42. The van der Waals surface area contributed by atoms with Gasteiger partial charge in [0.2, 0.25) is 0 Å². The second kappa shape index (κ2) is 11.5. The molecule has 2 atom stereocenters. The normalized spacial score (nSPS) is 15.3. The zero-order valence-corrected chi connectivity index (χ0v) is 14.1. The van der Waals surface area contributed by atoms with E-state index in [4.69, 9.17) is 9.47 Å². The summed E-state index contributed by atoms with van der Waals surface area (Å²) in [5.41, 5.74) is 0.291. The van der Waals surface area contributed by atoms with Crippen molar-refractivity contribution in [1.82, 2.24) is 5.32 Å². The van der Waals surface area contributed by atoms with E-state index in [1.54, 1.807) is 7.11 Å². The van der Waals surface area contributed by atoms with Gasteiger partial charge < -0.3 is 19.9 Å². The smallest absolute Gasteiger partial charge is 0.0897 e. The summed E-state index contributed by atoms with van der Waals surface area (Å²) in [6.07, 6.45) is 4.65. The van der Waals surface area contributed by atoms with Crippen molar-refractivity contribution in [3.05, 3.63) is 0 Å². The van der Waals surface area contributed by atoms with Crippen LogP contribution in [0.2, 0.25) is 0 Å². The molecule has 0 aliphatic heterocycles. The number of hydrogen-bond donors (Lipinski definition) is 2. The van der Waals surface area contributed by atoms with E-state index in [0.717, 1.165) is 6.54 Å². The van der Waals surface area contributed by atoms with E-state index >= 15 is 0 Å². The molecule has 2 N–H and O–H groups in total. The Morgan fingerprint density at radius 1 is 1.20 bits per heavy atom. The molecule has 0 aromatic carbocycles. The van der Waals surface area contributed by atoms with Crippen LogP contribution in [0.3, 0.4) is 0 Å². The fourth-order valence-corrected chi connectivity index (χ4v) is 2.14. The first-order chi connectivity index (χ1) is 9.41. The van der Waals surface area contributed by atoms with Crippen molar-refractivity contribution in [3.63, 3.8) is 0 Å². The van der Waals surface area contributed by atoms with Crippen LogP contribution in [0.5, 0.6) is 0 Å². The topological polar surface area (TPSA) is 50.7 Å². The number of unbranched alkanes of at least 4 members (excludes halogenated alkanes) is 2. The van der Waals surface area contributed by atoms with Gasteiger partial charge >= 0.3 is 0 Å². The Balaban J connectivity index is 3.65. The summed E-state index contributed by atoms with van der Waals surface area (Å²) in [6.45, 7) is 11.2. The molecule has 0 amide bonds. The Bertz CT molecular complexity index is 222. The van der Waals surface area contributed by atoms with Gasteiger partial charge in [-0.15, -0.1) is 0 Å². The Morgan fingerprint density at radius 2 is 1.90 bits per heavy atom. The SMILES string of the molecule is CCCCCC(C)(C)CNCC(O)COC(C)COC. The number of nitrogens with one attached hydrogen (secondary N) is 1. The summed E-state index contributed by atoms with van der Waals surface area (Å²) in [7, 11) is 1.65. The number of aliphatic hydroxyl groups excluding tert-OH is 1. The minimum absolute atomic E-state index is 0.0279. The maximum absolute atomic E-state index is 9.85. The highest BCUT2D eigenvalue weighted by Crippen LogP contribution is 2.22. The van der Waals surface area contributed by atoms with Crippen molar-refractivity contribution in [3.8, 4) is 0 Å². The van der Waals surface area contributed by atoms with Gasteiger partial charge in [-0.2, -0.15) is 0 Å². The number of ether oxygens (including phenoxy) is 2. The average Bonchev–Trinajstić information content (AvgIpc) is 2.36. The molecule has 0 rings (SSSR count). The van der Waals surface area contributed by atoms with E-state index in [2.05, 4.69) is 26.1 Å². The molecule has 0 heterocycles. The number of hydrogen-bond acceptors (Lipinski definition) is 4. The number of rotatable bonds is 13. The highest BCUT2D eigenvalue weighted by atomic mass is 16.5. The Morgan fingerprint density at radius 3 is 2.50 bits per heavy atom. The molecule has 0 aliphatic carbocycles. The van der Waals surface area contributed by atoms with Crippen molar-refractivity contribution in [1.29, 1.82) is 0 Å². The average molecular weight is 289 g/mol. The number of methoxy groups -OCH3 is 1. The van der Waals surface area contributed by atoms with E-state index in [9.17, 15) is 5.11 Å². The molecule has 0 radical (unpaired) electrons. The first-order valence-electron chi connectivity index (χ1n) is 7.90. The van der Waals surface area contributed by atoms with Crippen LogP contribution in [0.1, 0.15) is 53.4 Å². The summed E-state index contributed by atoms with van der Waals surface area (Å²) in [5, 5.41) is 13.2. The quantitative estimate of drug-likeness (QED) is 0.512. The summed E-state index contributed by atoms with van der Waals surface area (Å²) in [4.78, 5) is 0. The van der Waals surface area contributed by atoms with Crippen LogP contribution in [0.4, 0.5) is 0 Å². The van der Waals surface area contributed by atoms with Crippen LogP contribution in [0.25, 0.3) is 0 Å². The van der Waals surface area contributed by atoms with Gasteiger partial charge in [0.25, 0.3) is 0 Å². The Kier molecular flexibility index (Phi) is 11.4. The molecule has 4 heteroatoms. The second-order valence-electron chi connectivity index (χ2n) is 6.51. The molecule has 122 valence electrons. The van der Waals surface area contributed by atoms with E-state index in [1.165, 1.54) is 25.7 Å². The third-order valence-electron chi connectivity index (χ3n) is 3.42. The summed E-state index contributed by atoms with van der Waals surface area (Å²) >= 11 is 0. The number of aliphatic hydroxyl groups is 1. The highest BCUT2D eigenvalue weighted by molar-refractivity contribution is 4.72. The van der Waals surface area contributed by atoms with Gasteiger partial charge in [-0.05, 0) is 18.8 Å². The lowest BCUT2D eigenvalue weighted by Gasteiger charge is -2.26. The highest BCUT2D eigenvalue weighted by Gasteiger charge is 2.17. The third kappa shape index (κ3) is 11.6. The van der Waals surface area contributed by atoms with Crippen molar-refractivity contribution in [2.24, 2.45) is 5.41 Å². The standard InChI is InChI=1S/C16H35NO3/c1-6-7-8-9-16(3,4)13-17-10-15(18)12-20-14(2)11-19-5/h14-15,17-18H,6-13H2,1-5H3. The van der Waals surface area contributed by atoms with Crippen molar-refractivity contribution >= 4 is 0 Å². The molecule has 0 saturated carbocycles. The van der Waals surface area contributed by atoms with Crippen LogP contribution in [0.15, 0.2) is 0 Å². The van der Waals surface area contributed by atoms with Crippen LogP contribution < -0.4 is 5.32 Å². The minimum Gasteiger partial charge on any atom is -0.389 e. The lowest BCUT2D eigenvalue weighted by Crippen LogP contribution is -2.37. The summed E-state index contributed by atoms with van der Waals surface area (Å²) < 4.78 is 10.5. The molecular weight excluding hydrogens is 254 g/mol. The van der Waals surface area contributed by atoms with E-state index in [0.29, 0.717) is 25.2 Å². The van der Waals surface area contributed by atoms with Gasteiger partial charge in [-0.1, -0.05) is 40.0 Å². The summed E-state index contributed by atoms with van der Waals surface area (Å²) in [6, 6.07) is 0. The molecule has 0 bridgehead atoms. The summed E-state index contributed by atoms with van der Waals surface area (Å²) in [5.74, 6) is 0. The predicted molar refractivity (Wildman–Crippen MR) is 84.1 cm³/mol. The van der Waals surface area contributed by atoms with Gasteiger partial charge in [0, 0.05) is 20.2 Å². The maximum atomic E-state index is 9.85. The molecule has 0 spiro atoms. The van der Waals surface area contributed by atoms with Crippen molar-refractivity contribution in [2.75, 3.05) is 33.4 Å². The largest absolute Gasteiger partial charge is 0.389 e. The fraction of sp³-hybridized carbons (Fsp3) is 1.00. The second-order valence-corrected chi connectivity index (χ2v) is 6.51. The lowest BCUT2D eigenvalue weighted by molar-refractivity contribution is -0.0314. The first-order valence-corrected chi connectivity index (χ1v) is 7.90. The first kappa shape index (κ1) is 19.8. The van der Waals surface area contributed by atoms with E-state index in [1.807, 2.05) is 6.92 Å². The minimum atomic E-state index is -0.458. The van der Waals surface area contributed by atoms with Gasteiger partial charge in [-0.3, -0.25) is 0 Å². The monoisotopic (exact) mass is 289 g/mol. The van der Waals surface area contributed by atoms with Crippen molar-refractivity contribution < 1.29 is 14.6 Å². The molecule has 0 aromatic heterocycles. The fourth-order valence-electron chi connectivity index (χ4n) is 2.14. The molecule has 2 unspecified atom stereocenters. The van der Waals surface area contributed by atoms with E-state index < -0.39 is 6.10 Å². The molecule has 20 heavy (non-hydrogen) atoms. The van der Waals surface area contributed by atoms with E-state index in [-0.39, 0.29) is 6.10 Å². The Hall–Kier alpha value is -0.160. The Labute approximate surface area is 125 Å². The van der Waals surface area contributed by atoms with Gasteiger partial charge in [-0.25, -0.2) is 0 Å². The van der Waals surface area contributed by atoms with Crippen LogP contribution in [-0.4, -0.2) is 50.7 Å². The van der Waals surface area contributed by atoms with Crippen LogP contribution >= 0.6 is 0 Å². The van der Waals surface area contributed by atoms with Crippen LogP contribution in [-0.2, 0) is 9.47 Å². The van der Waals surface area contributed by atoms with Crippen LogP contribution in [0, 0.1) is 5.41 Å².